The van der Waals surface area contributed by atoms with Crippen LogP contribution in [0.1, 0.15) is 83.7 Å². The lowest BCUT2D eigenvalue weighted by molar-refractivity contribution is 0.0928. The predicted molar refractivity (Wildman–Crippen MR) is 121 cm³/mol. The van der Waals surface area contributed by atoms with Crippen LogP contribution in [0.2, 0.25) is 0 Å². The summed E-state index contributed by atoms with van der Waals surface area (Å²) < 4.78 is 14.4. The number of halogens is 1. The van der Waals surface area contributed by atoms with Crippen molar-refractivity contribution in [1.29, 1.82) is 0 Å². The van der Waals surface area contributed by atoms with E-state index in [2.05, 4.69) is 51.8 Å². The van der Waals surface area contributed by atoms with Crippen LogP contribution in [0.4, 0.5) is 4.39 Å². The quantitative estimate of drug-likeness (QED) is 0.387. The molecule has 0 aromatic heterocycles. The van der Waals surface area contributed by atoms with Crippen LogP contribution in [0, 0.1) is 17.2 Å². The number of amides is 1. The summed E-state index contributed by atoms with van der Waals surface area (Å²) in [5.74, 6) is -0.158. The van der Waals surface area contributed by atoms with E-state index in [1.165, 1.54) is 6.07 Å². The number of benzene rings is 1. The highest BCUT2D eigenvalue weighted by Gasteiger charge is 2.25. The third-order valence-electron chi connectivity index (χ3n) is 5.24. The molecule has 0 aliphatic rings. The zero-order valence-corrected chi connectivity index (χ0v) is 19.3. The van der Waals surface area contributed by atoms with Gasteiger partial charge < -0.3 is 5.32 Å². The van der Waals surface area contributed by atoms with Gasteiger partial charge in [0.1, 0.15) is 5.82 Å². The van der Waals surface area contributed by atoms with E-state index >= 15 is 0 Å². The number of carbonyl (C=O) groups excluding carboxylic acids is 1. The van der Waals surface area contributed by atoms with Crippen molar-refractivity contribution in [3.05, 3.63) is 46.9 Å². The fourth-order valence-corrected chi connectivity index (χ4v) is 3.28. The van der Waals surface area contributed by atoms with Gasteiger partial charge in [0.15, 0.2) is 0 Å². The molecule has 0 radical (unpaired) electrons. The molecule has 0 fully saturated rings. The molecule has 1 N–H and O–H groups in total. The minimum absolute atomic E-state index is 0.0882. The fourth-order valence-electron chi connectivity index (χ4n) is 3.28. The number of rotatable bonds is 10. The van der Waals surface area contributed by atoms with Crippen molar-refractivity contribution in [2.24, 2.45) is 16.4 Å². The smallest absolute Gasteiger partial charge is 0.254 e. The van der Waals surface area contributed by atoms with Crippen molar-refractivity contribution in [2.75, 3.05) is 6.54 Å². The number of nitrogens with zero attached hydrogens (tertiary/aromatic N) is 2. The number of hydrogen-bond donors (Lipinski definition) is 1. The zero-order chi connectivity index (χ0) is 22.4. The van der Waals surface area contributed by atoms with E-state index in [9.17, 15) is 9.18 Å². The van der Waals surface area contributed by atoms with Gasteiger partial charge >= 0.3 is 0 Å². The van der Waals surface area contributed by atoms with E-state index in [0.29, 0.717) is 5.92 Å². The van der Waals surface area contributed by atoms with Crippen LogP contribution in [-0.4, -0.2) is 30.2 Å². The third-order valence-corrected chi connectivity index (χ3v) is 5.24. The van der Waals surface area contributed by atoms with Crippen LogP contribution in [0.25, 0.3) is 0 Å². The van der Waals surface area contributed by atoms with Gasteiger partial charge in [0.25, 0.3) is 5.91 Å². The first kappa shape index (κ1) is 24.9. The molecule has 0 spiro atoms. The van der Waals surface area contributed by atoms with Crippen molar-refractivity contribution in [2.45, 2.75) is 73.8 Å². The lowest BCUT2D eigenvalue weighted by Crippen LogP contribution is -2.37. The lowest BCUT2D eigenvalue weighted by atomic mass is 9.80. The van der Waals surface area contributed by atoms with Crippen molar-refractivity contribution in [3.8, 4) is 0 Å². The van der Waals surface area contributed by atoms with Crippen molar-refractivity contribution in [1.82, 2.24) is 10.3 Å². The number of allylic oxidation sites excluding steroid dienone is 1. The van der Waals surface area contributed by atoms with Crippen molar-refractivity contribution < 1.29 is 9.18 Å². The Balaban J connectivity index is 2.82. The van der Waals surface area contributed by atoms with E-state index < -0.39 is 5.82 Å². The molecule has 1 aromatic carbocycles. The predicted octanol–water partition coefficient (Wildman–Crippen LogP) is 5.96. The number of hydrazone groups is 1. The Kier molecular flexibility index (Phi) is 9.06. The van der Waals surface area contributed by atoms with Gasteiger partial charge in [0.2, 0.25) is 0 Å². The molecule has 0 aliphatic heterocycles. The largest absolute Gasteiger partial charge is 0.349 e. The average molecular weight is 404 g/mol. The molecule has 0 bridgehead atoms. The van der Waals surface area contributed by atoms with Gasteiger partial charge in [-0.05, 0) is 60.8 Å². The third kappa shape index (κ3) is 7.64. The number of nitrogens with one attached hydrogen (secondary N) is 1. The summed E-state index contributed by atoms with van der Waals surface area (Å²) in [6.45, 7) is 21.0. The Morgan fingerprint density at radius 2 is 1.90 bits per heavy atom. The summed E-state index contributed by atoms with van der Waals surface area (Å²) in [7, 11) is 0. The van der Waals surface area contributed by atoms with Crippen molar-refractivity contribution in [3.63, 3.8) is 0 Å². The van der Waals surface area contributed by atoms with Gasteiger partial charge in [-0.15, -0.1) is 0 Å². The molecule has 1 amide bonds. The summed E-state index contributed by atoms with van der Waals surface area (Å²) >= 11 is 0. The second-order valence-corrected chi connectivity index (χ2v) is 9.33. The van der Waals surface area contributed by atoms with Gasteiger partial charge in [0, 0.05) is 25.5 Å². The maximum absolute atomic E-state index is 14.4. The molecule has 1 aromatic rings. The standard InChI is InChI=1S/C24H38FN3O/c1-16(2)14-28(26-9)15-18(5)24(7,8)13-19(6)27-23(29)21-11-10-20(17(3)4)12-22(21)25/h10-12,15-17,19H,9,13-14H2,1-8H3,(H,27,29)/b18-15+. The van der Waals surface area contributed by atoms with Gasteiger partial charge in [-0.3, -0.25) is 9.80 Å². The molecule has 5 heteroatoms. The van der Waals surface area contributed by atoms with Crippen LogP contribution < -0.4 is 5.32 Å². The Labute approximate surface area is 176 Å². The van der Waals surface area contributed by atoms with Crippen LogP contribution in [-0.2, 0) is 0 Å². The highest BCUT2D eigenvalue weighted by Crippen LogP contribution is 2.32. The first-order chi connectivity index (χ1) is 13.4. The topological polar surface area (TPSA) is 44.7 Å². The number of carbonyl (C=O) groups is 1. The molecule has 0 saturated heterocycles. The molecule has 0 aliphatic carbocycles. The monoisotopic (exact) mass is 403 g/mol. The lowest BCUT2D eigenvalue weighted by Gasteiger charge is -2.31. The van der Waals surface area contributed by atoms with E-state index in [4.69, 9.17) is 0 Å². The highest BCUT2D eigenvalue weighted by atomic mass is 19.1. The first-order valence-corrected chi connectivity index (χ1v) is 10.4. The summed E-state index contributed by atoms with van der Waals surface area (Å²) in [6, 6.07) is 4.73. The normalized spacial score (nSPS) is 13.6. The first-order valence-electron chi connectivity index (χ1n) is 10.4. The Hall–Kier alpha value is -2.17. The summed E-state index contributed by atoms with van der Waals surface area (Å²) in [5, 5.41) is 8.87. The van der Waals surface area contributed by atoms with Gasteiger partial charge in [-0.25, -0.2) is 4.39 Å². The molecule has 0 heterocycles. The van der Waals surface area contributed by atoms with E-state index in [1.807, 2.05) is 38.0 Å². The molecule has 4 nitrogen and oxygen atoms in total. The summed E-state index contributed by atoms with van der Waals surface area (Å²) in [6.07, 6.45) is 2.74. The van der Waals surface area contributed by atoms with Crippen LogP contribution in [0.5, 0.6) is 0 Å². The molecular weight excluding hydrogens is 365 g/mol. The minimum atomic E-state index is -0.474. The van der Waals surface area contributed by atoms with E-state index in [1.54, 1.807) is 6.07 Å². The molecule has 162 valence electrons. The molecule has 1 rings (SSSR count). The minimum Gasteiger partial charge on any atom is -0.349 e. The van der Waals surface area contributed by atoms with Gasteiger partial charge in [0.05, 0.1) is 5.56 Å². The fraction of sp³-hybridized carbons (Fsp3) is 0.583. The van der Waals surface area contributed by atoms with Crippen LogP contribution in [0.3, 0.4) is 0 Å². The average Bonchev–Trinajstić information content (AvgIpc) is 2.59. The van der Waals surface area contributed by atoms with Crippen molar-refractivity contribution >= 4 is 12.6 Å². The molecule has 1 unspecified atom stereocenters. The Bertz CT molecular complexity index is 738. The second kappa shape index (κ2) is 10.6. The van der Waals surface area contributed by atoms with Gasteiger partial charge in [-0.2, -0.15) is 5.10 Å². The second-order valence-electron chi connectivity index (χ2n) is 9.33. The van der Waals surface area contributed by atoms with E-state index in [-0.39, 0.29) is 28.8 Å². The molecular formula is C24H38FN3O. The summed E-state index contributed by atoms with van der Waals surface area (Å²) in [4.78, 5) is 12.6. The summed E-state index contributed by atoms with van der Waals surface area (Å²) in [5.41, 5.74) is 1.97. The zero-order valence-electron chi connectivity index (χ0n) is 19.3. The maximum Gasteiger partial charge on any atom is 0.254 e. The SMILES string of the molecule is C=NN(/C=C(\C)C(C)(C)CC(C)NC(=O)c1ccc(C(C)C)cc1F)CC(C)C. The number of hydrogen-bond acceptors (Lipinski definition) is 3. The van der Waals surface area contributed by atoms with E-state index in [0.717, 1.165) is 24.1 Å². The van der Waals surface area contributed by atoms with Gasteiger partial charge in [-0.1, -0.05) is 47.6 Å². The molecule has 0 saturated carbocycles. The molecule has 1 atom stereocenters. The van der Waals surface area contributed by atoms with Crippen LogP contribution >= 0.6 is 0 Å². The van der Waals surface area contributed by atoms with Crippen LogP contribution in [0.15, 0.2) is 35.1 Å². The highest BCUT2D eigenvalue weighted by molar-refractivity contribution is 5.94. The Morgan fingerprint density at radius 3 is 2.38 bits per heavy atom. The maximum atomic E-state index is 14.4. The molecule has 29 heavy (non-hydrogen) atoms. The Morgan fingerprint density at radius 1 is 1.28 bits per heavy atom.